The highest BCUT2D eigenvalue weighted by Gasteiger charge is 2.17. The second-order valence-corrected chi connectivity index (χ2v) is 6.90. The van der Waals surface area contributed by atoms with Crippen LogP contribution >= 0.6 is 0 Å². The van der Waals surface area contributed by atoms with Crippen LogP contribution in [0, 0.1) is 12.7 Å². The summed E-state index contributed by atoms with van der Waals surface area (Å²) in [5.74, 6) is -0.377. The Kier molecular flexibility index (Phi) is 5.37. The molecule has 0 unspecified atom stereocenters. The average molecular weight is 429 g/mol. The van der Waals surface area contributed by atoms with Crippen LogP contribution in [-0.2, 0) is 6.54 Å². The zero-order valence-electron chi connectivity index (χ0n) is 16.6. The highest BCUT2D eigenvalue weighted by Crippen LogP contribution is 2.29. The predicted molar refractivity (Wildman–Crippen MR) is 108 cm³/mol. The van der Waals surface area contributed by atoms with Crippen molar-refractivity contribution >= 4 is 17.1 Å². The summed E-state index contributed by atoms with van der Waals surface area (Å²) in [6.07, 6.45) is 3.14. The molecule has 160 valence electrons. The molecule has 31 heavy (non-hydrogen) atoms. The molecule has 1 N–H and O–H groups in total. The molecule has 0 bridgehead atoms. The number of carbonyl (C=O) groups excluding carboxylic acids is 1. The Morgan fingerprint density at radius 1 is 1.19 bits per heavy atom. The van der Waals surface area contributed by atoms with Crippen LogP contribution in [0.5, 0.6) is 5.75 Å². The first-order chi connectivity index (χ1) is 14.9. The molecular formula is C21H18F3N5O2. The summed E-state index contributed by atoms with van der Waals surface area (Å²) in [5, 5.41) is 10.8. The number of hydrogen-bond acceptors (Lipinski definition) is 4. The van der Waals surface area contributed by atoms with Gasteiger partial charge in [-0.25, -0.2) is 17.7 Å². The smallest absolute Gasteiger partial charge is 0.259 e. The van der Waals surface area contributed by atoms with Gasteiger partial charge in [0, 0.05) is 23.0 Å². The molecule has 3 heterocycles. The van der Waals surface area contributed by atoms with E-state index in [0.717, 1.165) is 4.68 Å². The van der Waals surface area contributed by atoms with Gasteiger partial charge in [-0.3, -0.25) is 9.48 Å². The molecule has 0 aliphatic rings. The van der Waals surface area contributed by atoms with Crippen LogP contribution in [0.3, 0.4) is 0 Å². The number of nitrogens with zero attached hydrogens (tertiary/aromatic N) is 4. The van der Waals surface area contributed by atoms with Gasteiger partial charge in [0.05, 0.1) is 36.8 Å². The largest absolute Gasteiger partial charge is 0.495 e. The Labute approximate surface area is 175 Å². The molecule has 0 spiro atoms. The predicted octanol–water partition coefficient (Wildman–Crippen LogP) is 4.17. The number of aromatic nitrogens is 4. The summed E-state index contributed by atoms with van der Waals surface area (Å²) >= 11 is 0. The maximum absolute atomic E-state index is 14.6. The molecule has 0 aliphatic heterocycles. The van der Waals surface area contributed by atoms with Gasteiger partial charge in [0.2, 0.25) is 0 Å². The number of carbonyl (C=O) groups is 1. The van der Waals surface area contributed by atoms with Crippen molar-refractivity contribution in [1.29, 1.82) is 0 Å². The first kappa shape index (κ1) is 20.5. The molecule has 10 heteroatoms. The molecule has 1 amide bonds. The standard InChI is InChI=1S/C21H18F3N5O2/c1-12-5-17(22)15(13-7-25-28(9-13)11-20(23)24)6-18(12)27-21(30)16-8-26-29-10-14(31-2)3-4-19(16)29/h3-10,20H,11H2,1-2H3,(H,27,30). The summed E-state index contributed by atoms with van der Waals surface area (Å²) in [5.41, 5.74) is 2.27. The van der Waals surface area contributed by atoms with Crippen LogP contribution in [0.4, 0.5) is 18.9 Å². The summed E-state index contributed by atoms with van der Waals surface area (Å²) in [4.78, 5) is 12.9. The highest BCUT2D eigenvalue weighted by atomic mass is 19.3. The molecule has 0 aliphatic carbocycles. The monoisotopic (exact) mass is 429 g/mol. The van der Waals surface area contributed by atoms with E-state index >= 15 is 0 Å². The molecule has 0 fully saturated rings. The van der Waals surface area contributed by atoms with Crippen molar-refractivity contribution in [1.82, 2.24) is 19.4 Å². The number of alkyl halides is 2. The van der Waals surface area contributed by atoms with E-state index in [-0.39, 0.29) is 5.56 Å². The van der Waals surface area contributed by atoms with E-state index in [1.807, 2.05) is 0 Å². The van der Waals surface area contributed by atoms with Crippen LogP contribution in [0.15, 0.2) is 49.1 Å². The number of rotatable bonds is 6. The molecule has 0 saturated heterocycles. The molecule has 0 radical (unpaired) electrons. The van der Waals surface area contributed by atoms with Crippen LogP contribution in [-0.4, -0.2) is 38.8 Å². The summed E-state index contributed by atoms with van der Waals surface area (Å²) < 4.78 is 47.4. The molecule has 0 atom stereocenters. The lowest BCUT2D eigenvalue weighted by Crippen LogP contribution is -2.13. The molecule has 0 saturated carbocycles. The van der Waals surface area contributed by atoms with E-state index in [1.54, 1.807) is 25.3 Å². The molecule has 1 aromatic carbocycles. The number of hydrogen-bond donors (Lipinski definition) is 1. The molecule has 7 nitrogen and oxygen atoms in total. The second kappa shape index (κ2) is 8.13. The minimum Gasteiger partial charge on any atom is -0.495 e. The quantitative estimate of drug-likeness (QED) is 0.499. The number of amides is 1. The van der Waals surface area contributed by atoms with Gasteiger partial charge in [0.25, 0.3) is 12.3 Å². The SMILES string of the molecule is COc1ccc2c(C(=O)Nc3cc(-c4cnn(CC(F)F)c4)c(F)cc3C)cnn2c1. The highest BCUT2D eigenvalue weighted by molar-refractivity contribution is 6.09. The third-order valence-corrected chi connectivity index (χ3v) is 4.80. The number of nitrogens with one attached hydrogen (secondary N) is 1. The number of pyridine rings is 1. The Morgan fingerprint density at radius 2 is 2.00 bits per heavy atom. The summed E-state index contributed by atoms with van der Waals surface area (Å²) in [6.45, 7) is 1.07. The Bertz CT molecular complexity index is 1270. The van der Waals surface area contributed by atoms with Crippen LogP contribution in [0.1, 0.15) is 15.9 Å². The van der Waals surface area contributed by atoms with E-state index in [2.05, 4.69) is 15.5 Å². The zero-order chi connectivity index (χ0) is 22.1. The topological polar surface area (TPSA) is 73.4 Å². The number of halogens is 3. The van der Waals surface area contributed by atoms with Crippen LogP contribution < -0.4 is 10.1 Å². The fraction of sp³-hybridized carbons (Fsp3) is 0.190. The fourth-order valence-electron chi connectivity index (χ4n) is 3.22. The van der Waals surface area contributed by atoms with Gasteiger partial charge < -0.3 is 10.1 Å². The van der Waals surface area contributed by atoms with Crippen molar-refractivity contribution in [3.63, 3.8) is 0 Å². The van der Waals surface area contributed by atoms with Gasteiger partial charge >= 0.3 is 0 Å². The van der Waals surface area contributed by atoms with Crippen molar-refractivity contribution in [2.75, 3.05) is 12.4 Å². The van der Waals surface area contributed by atoms with Crippen molar-refractivity contribution in [3.8, 4) is 16.9 Å². The zero-order valence-corrected chi connectivity index (χ0v) is 16.6. The first-order valence-corrected chi connectivity index (χ1v) is 9.29. The van der Waals surface area contributed by atoms with Gasteiger partial charge in [-0.15, -0.1) is 0 Å². The van der Waals surface area contributed by atoms with Crippen LogP contribution in [0.25, 0.3) is 16.6 Å². The normalized spacial score (nSPS) is 11.3. The third-order valence-electron chi connectivity index (χ3n) is 4.80. The Balaban J connectivity index is 1.63. The maximum Gasteiger partial charge on any atom is 0.259 e. The molecule has 4 rings (SSSR count). The number of benzene rings is 1. The van der Waals surface area contributed by atoms with E-state index in [0.29, 0.717) is 33.6 Å². The lowest BCUT2D eigenvalue weighted by Gasteiger charge is -2.11. The Morgan fingerprint density at radius 3 is 2.74 bits per heavy atom. The van der Waals surface area contributed by atoms with E-state index in [4.69, 9.17) is 4.74 Å². The fourth-order valence-corrected chi connectivity index (χ4v) is 3.22. The minimum absolute atomic E-state index is 0.144. The van der Waals surface area contributed by atoms with Crippen molar-refractivity contribution in [3.05, 3.63) is 66.0 Å². The summed E-state index contributed by atoms with van der Waals surface area (Å²) in [7, 11) is 1.53. The lowest BCUT2D eigenvalue weighted by molar-refractivity contribution is 0.102. The van der Waals surface area contributed by atoms with Gasteiger partial charge in [-0.2, -0.15) is 10.2 Å². The number of ether oxygens (including phenoxy) is 1. The first-order valence-electron chi connectivity index (χ1n) is 9.29. The third kappa shape index (κ3) is 4.09. The summed E-state index contributed by atoms with van der Waals surface area (Å²) in [6, 6.07) is 6.16. The molecule has 3 aromatic heterocycles. The van der Waals surface area contributed by atoms with Gasteiger partial charge in [-0.05, 0) is 36.8 Å². The van der Waals surface area contributed by atoms with Crippen molar-refractivity contribution in [2.45, 2.75) is 19.9 Å². The Hall–Kier alpha value is -3.82. The average Bonchev–Trinajstić information content (AvgIpc) is 3.35. The second-order valence-electron chi connectivity index (χ2n) is 6.90. The maximum atomic E-state index is 14.6. The number of aryl methyl sites for hydroxylation is 1. The number of methoxy groups -OCH3 is 1. The molecular weight excluding hydrogens is 411 g/mol. The van der Waals surface area contributed by atoms with E-state index in [9.17, 15) is 18.0 Å². The van der Waals surface area contributed by atoms with E-state index < -0.39 is 24.7 Å². The van der Waals surface area contributed by atoms with Gasteiger partial charge in [0.15, 0.2) is 0 Å². The minimum atomic E-state index is -2.57. The van der Waals surface area contributed by atoms with Gasteiger partial charge in [-0.1, -0.05) is 0 Å². The number of fused-ring (bicyclic) bond motifs is 1. The molecule has 4 aromatic rings. The lowest BCUT2D eigenvalue weighted by atomic mass is 10.0. The number of anilines is 1. The van der Waals surface area contributed by atoms with Gasteiger partial charge in [0.1, 0.15) is 18.1 Å². The van der Waals surface area contributed by atoms with E-state index in [1.165, 1.54) is 42.3 Å². The van der Waals surface area contributed by atoms with Crippen molar-refractivity contribution < 1.29 is 22.7 Å². The van der Waals surface area contributed by atoms with Crippen LogP contribution in [0.2, 0.25) is 0 Å². The van der Waals surface area contributed by atoms with Crippen molar-refractivity contribution in [2.24, 2.45) is 0 Å².